The van der Waals surface area contributed by atoms with Crippen LogP contribution < -0.4 is 0 Å². The SMILES string of the molecule is CCCCCCCCCCCCCCCCCC=C(C)CCCCCCCC(C)C(=O)OC. The van der Waals surface area contributed by atoms with Gasteiger partial charge in [0.1, 0.15) is 0 Å². The molecule has 0 saturated carbocycles. The van der Waals surface area contributed by atoms with E-state index in [9.17, 15) is 4.79 Å². The summed E-state index contributed by atoms with van der Waals surface area (Å²) in [6.07, 6.45) is 33.9. The Morgan fingerprint density at radius 1 is 0.667 bits per heavy atom. The summed E-state index contributed by atoms with van der Waals surface area (Å²) in [6.45, 7) is 6.57. The summed E-state index contributed by atoms with van der Waals surface area (Å²) < 4.78 is 4.78. The van der Waals surface area contributed by atoms with E-state index in [1.807, 2.05) is 6.92 Å². The second kappa shape index (κ2) is 25.8. The number of carbonyl (C=O) groups excluding carboxylic acids is 1. The topological polar surface area (TPSA) is 26.3 Å². The first-order valence-electron chi connectivity index (χ1n) is 14.8. The lowest BCUT2D eigenvalue weighted by Crippen LogP contribution is -2.12. The molecule has 196 valence electrons. The van der Waals surface area contributed by atoms with E-state index in [2.05, 4.69) is 19.9 Å². The lowest BCUT2D eigenvalue weighted by molar-refractivity contribution is -0.145. The van der Waals surface area contributed by atoms with Gasteiger partial charge in [0.05, 0.1) is 13.0 Å². The fraction of sp³-hybridized carbons (Fsp3) is 0.903. The summed E-state index contributed by atoms with van der Waals surface area (Å²) in [4.78, 5) is 11.4. The lowest BCUT2D eigenvalue weighted by atomic mass is 10.0. The Labute approximate surface area is 208 Å². The number of methoxy groups -OCH3 is 1. The molecule has 1 unspecified atom stereocenters. The molecular weight excluding hydrogens is 404 g/mol. The van der Waals surface area contributed by atoms with Crippen LogP contribution in [0.5, 0.6) is 0 Å². The van der Waals surface area contributed by atoms with Gasteiger partial charge in [-0.25, -0.2) is 0 Å². The minimum atomic E-state index is -0.0650. The Morgan fingerprint density at radius 3 is 1.58 bits per heavy atom. The molecule has 0 aromatic rings. The second-order valence-corrected chi connectivity index (χ2v) is 10.5. The van der Waals surface area contributed by atoms with Gasteiger partial charge in [0.15, 0.2) is 0 Å². The van der Waals surface area contributed by atoms with Gasteiger partial charge < -0.3 is 4.74 Å². The Morgan fingerprint density at radius 2 is 1.09 bits per heavy atom. The van der Waals surface area contributed by atoms with Crippen molar-refractivity contribution >= 4 is 5.97 Å². The standard InChI is InChI=1S/C31H60O2/c1-5-6-7-8-9-10-11-12-13-14-15-16-17-18-20-23-26-29(2)27-24-21-19-22-25-28-30(3)31(32)33-4/h26,30H,5-25,27-28H2,1-4H3. The van der Waals surface area contributed by atoms with Crippen LogP contribution in [0, 0.1) is 5.92 Å². The second-order valence-electron chi connectivity index (χ2n) is 10.5. The number of hydrogen-bond acceptors (Lipinski definition) is 2. The molecule has 0 radical (unpaired) electrons. The van der Waals surface area contributed by atoms with Gasteiger partial charge in [-0.2, -0.15) is 0 Å². The average molecular weight is 465 g/mol. The zero-order valence-corrected chi connectivity index (χ0v) is 23.2. The Bertz CT molecular complexity index is 440. The number of hydrogen-bond donors (Lipinski definition) is 0. The molecule has 0 spiro atoms. The van der Waals surface area contributed by atoms with Gasteiger partial charge in [-0.1, -0.05) is 141 Å². The van der Waals surface area contributed by atoms with Gasteiger partial charge in [-0.05, 0) is 39.0 Å². The molecule has 0 bridgehead atoms. The van der Waals surface area contributed by atoms with Crippen LogP contribution in [-0.2, 0) is 9.53 Å². The van der Waals surface area contributed by atoms with E-state index in [0.29, 0.717) is 0 Å². The molecule has 0 rings (SSSR count). The smallest absolute Gasteiger partial charge is 0.308 e. The number of allylic oxidation sites excluding steroid dienone is 2. The normalized spacial score (nSPS) is 12.8. The minimum absolute atomic E-state index is 0.0555. The molecule has 33 heavy (non-hydrogen) atoms. The number of unbranched alkanes of at least 4 members (excludes halogenated alkanes) is 19. The molecular formula is C31H60O2. The summed E-state index contributed by atoms with van der Waals surface area (Å²) in [5.41, 5.74) is 1.58. The van der Waals surface area contributed by atoms with Gasteiger partial charge in [0.2, 0.25) is 0 Å². The predicted molar refractivity (Wildman–Crippen MR) is 147 cm³/mol. The summed E-state index contributed by atoms with van der Waals surface area (Å²) in [7, 11) is 1.48. The maximum absolute atomic E-state index is 11.4. The molecule has 0 saturated heterocycles. The van der Waals surface area contributed by atoms with Crippen molar-refractivity contribution in [2.45, 2.75) is 168 Å². The molecule has 0 heterocycles. The minimum Gasteiger partial charge on any atom is -0.469 e. The summed E-state index contributed by atoms with van der Waals surface area (Å²) in [5, 5.41) is 0. The molecule has 0 aromatic carbocycles. The third-order valence-corrected chi connectivity index (χ3v) is 7.11. The van der Waals surface area contributed by atoms with Gasteiger partial charge >= 0.3 is 5.97 Å². The number of ether oxygens (including phenoxy) is 1. The molecule has 0 N–H and O–H groups in total. The van der Waals surface area contributed by atoms with Crippen LogP contribution in [0.15, 0.2) is 11.6 Å². The molecule has 0 aromatic heterocycles. The molecule has 0 fully saturated rings. The van der Waals surface area contributed by atoms with Crippen molar-refractivity contribution in [1.29, 1.82) is 0 Å². The Balaban J connectivity index is 3.30. The van der Waals surface area contributed by atoms with Crippen molar-refractivity contribution in [3.05, 3.63) is 11.6 Å². The maximum Gasteiger partial charge on any atom is 0.308 e. The van der Waals surface area contributed by atoms with E-state index in [1.54, 1.807) is 5.57 Å². The number of rotatable bonds is 25. The largest absolute Gasteiger partial charge is 0.469 e. The Hall–Kier alpha value is -0.790. The first-order valence-corrected chi connectivity index (χ1v) is 14.8. The van der Waals surface area contributed by atoms with Crippen molar-refractivity contribution in [2.75, 3.05) is 7.11 Å². The molecule has 0 amide bonds. The van der Waals surface area contributed by atoms with Crippen LogP contribution in [0.3, 0.4) is 0 Å². The highest BCUT2D eigenvalue weighted by Gasteiger charge is 2.11. The molecule has 0 aliphatic carbocycles. The monoisotopic (exact) mass is 464 g/mol. The highest BCUT2D eigenvalue weighted by atomic mass is 16.5. The van der Waals surface area contributed by atoms with Crippen LogP contribution in [0.25, 0.3) is 0 Å². The highest BCUT2D eigenvalue weighted by molar-refractivity contribution is 5.71. The van der Waals surface area contributed by atoms with E-state index in [-0.39, 0.29) is 11.9 Å². The predicted octanol–water partition coefficient (Wildman–Crippen LogP) is 10.7. The van der Waals surface area contributed by atoms with Crippen LogP contribution in [0.2, 0.25) is 0 Å². The zero-order chi connectivity index (χ0) is 24.4. The summed E-state index contributed by atoms with van der Waals surface area (Å²) in [5.74, 6) is -0.00950. The van der Waals surface area contributed by atoms with Crippen molar-refractivity contribution in [3.63, 3.8) is 0 Å². The van der Waals surface area contributed by atoms with E-state index in [1.165, 1.54) is 142 Å². The van der Waals surface area contributed by atoms with Crippen LogP contribution in [0.4, 0.5) is 0 Å². The van der Waals surface area contributed by atoms with Crippen LogP contribution >= 0.6 is 0 Å². The van der Waals surface area contributed by atoms with Crippen molar-refractivity contribution in [2.24, 2.45) is 5.92 Å². The van der Waals surface area contributed by atoms with Crippen molar-refractivity contribution < 1.29 is 9.53 Å². The molecule has 0 aliphatic rings. The lowest BCUT2D eigenvalue weighted by Gasteiger charge is -2.08. The third-order valence-electron chi connectivity index (χ3n) is 7.11. The number of carbonyl (C=O) groups is 1. The number of esters is 1. The van der Waals surface area contributed by atoms with E-state index in [0.717, 1.165) is 12.8 Å². The third kappa shape index (κ3) is 24.1. The Kier molecular flexibility index (Phi) is 25.2. The fourth-order valence-corrected chi connectivity index (χ4v) is 4.67. The van der Waals surface area contributed by atoms with Gasteiger partial charge in [0.25, 0.3) is 0 Å². The fourth-order valence-electron chi connectivity index (χ4n) is 4.67. The van der Waals surface area contributed by atoms with Gasteiger partial charge in [-0.15, -0.1) is 0 Å². The van der Waals surface area contributed by atoms with E-state index in [4.69, 9.17) is 4.74 Å². The van der Waals surface area contributed by atoms with Crippen molar-refractivity contribution in [3.8, 4) is 0 Å². The van der Waals surface area contributed by atoms with Gasteiger partial charge in [-0.3, -0.25) is 4.79 Å². The highest BCUT2D eigenvalue weighted by Crippen LogP contribution is 2.16. The summed E-state index contributed by atoms with van der Waals surface area (Å²) >= 11 is 0. The van der Waals surface area contributed by atoms with E-state index < -0.39 is 0 Å². The van der Waals surface area contributed by atoms with Crippen LogP contribution in [0.1, 0.15) is 168 Å². The summed E-state index contributed by atoms with van der Waals surface area (Å²) in [6, 6.07) is 0. The molecule has 1 atom stereocenters. The maximum atomic E-state index is 11.4. The first-order chi connectivity index (χ1) is 16.1. The molecule has 2 heteroatoms. The molecule has 0 aliphatic heterocycles. The van der Waals surface area contributed by atoms with Gasteiger partial charge in [0, 0.05) is 0 Å². The average Bonchev–Trinajstić information content (AvgIpc) is 2.82. The zero-order valence-electron chi connectivity index (χ0n) is 23.2. The van der Waals surface area contributed by atoms with Crippen LogP contribution in [-0.4, -0.2) is 13.1 Å². The van der Waals surface area contributed by atoms with Crippen molar-refractivity contribution in [1.82, 2.24) is 0 Å². The first kappa shape index (κ1) is 32.2. The van der Waals surface area contributed by atoms with E-state index >= 15 is 0 Å². The molecule has 2 nitrogen and oxygen atoms in total. The quantitative estimate of drug-likeness (QED) is 0.0762.